The zero-order chi connectivity index (χ0) is 16.7. The van der Waals surface area contributed by atoms with Crippen LogP contribution in [0.25, 0.3) is 6.08 Å². The minimum absolute atomic E-state index is 0.0866. The summed E-state index contributed by atoms with van der Waals surface area (Å²) in [4.78, 5) is 14.0. The Hall–Kier alpha value is -1.84. The van der Waals surface area contributed by atoms with Gasteiger partial charge in [0.2, 0.25) is 0 Å². The average Bonchev–Trinajstić information content (AvgIpc) is 2.47. The molecule has 1 aromatic rings. The number of allylic oxidation sites excluding steroid dienone is 1. The third kappa shape index (κ3) is 3.57. The molecule has 2 aliphatic rings. The lowest BCUT2D eigenvalue weighted by atomic mass is 9.70. The van der Waals surface area contributed by atoms with Crippen LogP contribution >= 0.6 is 0 Å². The largest absolute Gasteiger partial charge is 0.444 e. The minimum atomic E-state index is -0.458. The van der Waals surface area contributed by atoms with E-state index in [0.717, 1.165) is 24.8 Å². The summed E-state index contributed by atoms with van der Waals surface area (Å²) in [6.45, 7) is 7.06. The predicted molar refractivity (Wildman–Crippen MR) is 88.6 cm³/mol. The Labute approximate surface area is 137 Å². The lowest BCUT2D eigenvalue weighted by molar-refractivity contribution is 0.0143. The van der Waals surface area contributed by atoms with Crippen LogP contribution in [-0.2, 0) is 11.2 Å². The molecule has 124 valence electrons. The number of nitrogens with zero attached hydrogens (tertiary/aromatic N) is 1. The molecule has 0 N–H and O–H groups in total. The Balaban J connectivity index is 1.66. The second-order valence-electron chi connectivity index (χ2n) is 7.68. The molecule has 0 aromatic heterocycles. The third-order valence-corrected chi connectivity index (χ3v) is 4.68. The molecule has 1 aliphatic heterocycles. The van der Waals surface area contributed by atoms with E-state index in [1.165, 1.54) is 11.6 Å². The molecular formula is C19H24FNO2. The van der Waals surface area contributed by atoms with Crippen LogP contribution in [0, 0.1) is 11.2 Å². The standard InChI is InChI=1S/C19H24FNO2/c1-18(2,3)23-17(22)21-10-8-19(9-11-21)7-6-14-12-16(20)5-4-15(14)13-19/h4-7,12H,8-11,13H2,1-3H3. The summed E-state index contributed by atoms with van der Waals surface area (Å²) in [6, 6.07) is 5.01. The number of benzene rings is 1. The van der Waals surface area contributed by atoms with E-state index >= 15 is 0 Å². The molecule has 1 spiro atoms. The maximum absolute atomic E-state index is 13.3. The summed E-state index contributed by atoms with van der Waals surface area (Å²) >= 11 is 0. The first kappa shape index (κ1) is 16.0. The SMILES string of the molecule is CC(C)(C)OC(=O)N1CCC2(C=Cc3cc(F)ccc3C2)CC1. The van der Waals surface area contributed by atoms with Gasteiger partial charge in [0, 0.05) is 13.1 Å². The van der Waals surface area contributed by atoms with Crippen LogP contribution in [0.5, 0.6) is 0 Å². The number of halogens is 1. The summed E-state index contributed by atoms with van der Waals surface area (Å²) in [6.07, 6.45) is 6.77. The van der Waals surface area contributed by atoms with Gasteiger partial charge in [-0.25, -0.2) is 9.18 Å². The number of hydrogen-bond donors (Lipinski definition) is 0. The summed E-state index contributed by atoms with van der Waals surface area (Å²) in [7, 11) is 0. The number of piperidine rings is 1. The number of hydrogen-bond acceptors (Lipinski definition) is 2. The van der Waals surface area contributed by atoms with Crippen LogP contribution < -0.4 is 0 Å². The van der Waals surface area contributed by atoms with Gasteiger partial charge in [-0.05, 0) is 68.7 Å². The fourth-order valence-corrected chi connectivity index (χ4v) is 3.39. The highest BCUT2D eigenvalue weighted by Gasteiger charge is 2.37. The zero-order valence-electron chi connectivity index (χ0n) is 14.1. The van der Waals surface area contributed by atoms with Gasteiger partial charge in [0.05, 0.1) is 0 Å². The number of fused-ring (bicyclic) bond motifs is 1. The summed E-state index contributed by atoms with van der Waals surface area (Å²) in [5, 5.41) is 0. The van der Waals surface area contributed by atoms with Crippen LogP contribution in [0.4, 0.5) is 9.18 Å². The van der Waals surface area contributed by atoms with Gasteiger partial charge in [-0.3, -0.25) is 0 Å². The lowest BCUT2D eigenvalue weighted by Gasteiger charge is -2.42. The topological polar surface area (TPSA) is 29.5 Å². The smallest absolute Gasteiger partial charge is 0.410 e. The van der Waals surface area contributed by atoms with Crippen molar-refractivity contribution in [2.75, 3.05) is 13.1 Å². The number of carbonyl (C=O) groups is 1. The molecule has 0 saturated carbocycles. The minimum Gasteiger partial charge on any atom is -0.444 e. The molecular weight excluding hydrogens is 293 g/mol. The molecule has 0 atom stereocenters. The molecule has 3 nitrogen and oxygen atoms in total. The Morgan fingerprint density at radius 1 is 1.26 bits per heavy atom. The van der Waals surface area contributed by atoms with Gasteiger partial charge in [0.25, 0.3) is 0 Å². The molecule has 0 bridgehead atoms. The van der Waals surface area contributed by atoms with Crippen molar-refractivity contribution in [3.05, 3.63) is 41.2 Å². The van der Waals surface area contributed by atoms with Crippen LogP contribution in [0.2, 0.25) is 0 Å². The van der Waals surface area contributed by atoms with Crippen LogP contribution in [0.3, 0.4) is 0 Å². The average molecular weight is 317 g/mol. The van der Waals surface area contributed by atoms with Crippen molar-refractivity contribution in [1.29, 1.82) is 0 Å². The van der Waals surface area contributed by atoms with Gasteiger partial charge < -0.3 is 9.64 Å². The molecule has 1 fully saturated rings. The molecule has 0 unspecified atom stereocenters. The van der Waals surface area contributed by atoms with Gasteiger partial charge in [-0.15, -0.1) is 0 Å². The summed E-state index contributed by atoms with van der Waals surface area (Å²) in [5.41, 5.74) is 1.80. The molecule has 1 saturated heterocycles. The highest BCUT2D eigenvalue weighted by molar-refractivity contribution is 5.68. The summed E-state index contributed by atoms with van der Waals surface area (Å²) in [5.74, 6) is -0.191. The quantitative estimate of drug-likeness (QED) is 0.709. The lowest BCUT2D eigenvalue weighted by Crippen LogP contribution is -2.45. The first-order chi connectivity index (χ1) is 10.8. The van der Waals surface area contributed by atoms with Gasteiger partial charge in [-0.2, -0.15) is 0 Å². The Kier molecular flexibility index (Phi) is 3.95. The van der Waals surface area contributed by atoms with Crippen molar-refractivity contribution in [2.45, 2.75) is 45.6 Å². The molecule has 4 heteroatoms. The molecule has 1 aliphatic carbocycles. The predicted octanol–water partition coefficient (Wildman–Crippen LogP) is 4.41. The maximum atomic E-state index is 13.3. The van der Waals surface area contributed by atoms with E-state index < -0.39 is 5.60 Å². The van der Waals surface area contributed by atoms with Crippen molar-refractivity contribution < 1.29 is 13.9 Å². The van der Waals surface area contributed by atoms with E-state index in [0.29, 0.717) is 13.1 Å². The van der Waals surface area contributed by atoms with Gasteiger partial charge in [0.1, 0.15) is 11.4 Å². The van der Waals surface area contributed by atoms with Crippen molar-refractivity contribution in [2.24, 2.45) is 5.41 Å². The van der Waals surface area contributed by atoms with Crippen molar-refractivity contribution in [3.63, 3.8) is 0 Å². The molecule has 0 radical (unpaired) electrons. The van der Waals surface area contributed by atoms with Crippen LogP contribution in [-0.4, -0.2) is 29.7 Å². The maximum Gasteiger partial charge on any atom is 0.410 e. The fraction of sp³-hybridized carbons (Fsp3) is 0.526. The fourth-order valence-electron chi connectivity index (χ4n) is 3.39. The Morgan fingerprint density at radius 2 is 1.96 bits per heavy atom. The Morgan fingerprint density at radius 3 is 2.61 bits per heavy atom. The van der Waals surface area contributed by atoms with E-state index in [1.54, 1.807) is 11.0 Å². The van der Waals surface area contributed by atoms with Gasteiger partial charge in [-0.1, -0.05) is 18.2 Å². The molecule has 3 rings (SSSR count). The monoisotopic (exact) mass is 317 g/mol. The normalized spacial score (nSPS) is 19.6. The van der Waals surface area contributed by atoms with Crippen molar-refractivity contribution in [3.8, 4) is 0 Å². The van der Waals surface area contributed by atoms with E-state index in [1.807, 2.05) is 32.9 Å². The van der Waals surface area contributed by atoms with Crippen LogP contribution in [0.1, 0.15) is 44.7 Å². The van der Waals surface area contributed by atoms with E-state index in [2.05, 4.69) is 6.08 Å². The van der Waals surface area contributed by atoms with E-state index in [4.69, 9.17) is 4.74 Å². The molecule has 1 amide bonds. The molecule has 23 heavy (non-hydrogen) atoms. The Bertz CT molecular complexity index is 637. The highest BCUT2D eigenvalue weighted by Crippen LogP contribution is 2.41. The summed E-state index contributed by atoms with van der Waals surface area (Å²) < 4.78 is 18.8. The van der Waals surface area contributed by atoms with E-state index in [-0.39, 0.29) is 17.3 Å². The number of likely N-dealkylation sites (tertiary alicyclic amines) is 1. The second kappa shape index (κ2) is 5.66. The molecule has 1 aromatic carbocycles. The van der Waals surface area contributed by atoms with Gasteiger partial charge in [0.15, 0.2) is 0 Å². The first-order valence-corrected chi connectivity index (χ1v) is 8.22. The van der Waals surface area contributed by atoms with E-state index in [9.17, 15) is 9.18 Å². The number of ether oxygens (including phenoxy) is 1. The van der Waals surface area contributed by atoms with Crippen LogP contribution in [0.15, 0.2) is 24.3 Å². The zero-order valence-corrected chi connectivity index (χ0v) is 14.1. The van der Waals surface area contributed by atoms with Crippen molar-refractivity contribution >= 4 is 12.2 Å². The first-order valence-electron chi connectivity index (χ1n) is 8.22. The number of carbonyl (C=O) groups excluding carboxylic acids is 1. The number of amides is 1. The second-order valence-corrected chi connectivity index (χ2v) is 7.68. The third-order valence-electron chi connectivity index (χ3n) is 4.68. The van der Waals surface area contributed by atoms with Crippen molar-refractivity contribution in [1.82, 2.24) is 4.90 Å². The molecule has 1 heterocycles. The highest BCUT2D eigenvalue weighted by atomic mass is 19.1. The van der Waals surface area contributed by atoms with Gasteiger partial charge >= 0.3 is 6.09 Å². The number of rotatable bonds is 0.